The van der Waals surface area contributed by atoms with E-state index in [1.54, 1.807) is 4.90 Å². The number of ether oxygens (including phenoxy) is 3. The number of urea groups is 1. The molecule has 0 aliphatic carbocycles. The van der Waals surface area contributed by atoms with E-state index in [1.165, 1.54) is 0 Å². The van der Waals surface area contributed by atoms with E-state index >= 15 is 0 Å². The van der Waals surface area contributed by atoms with Crippen LogP contribution in [0.2, 0.25) is 0 Å². The minimum absolute atomic E-state index is 0.121. The van der Waals surface area contributed by atoms with Gasteiger partial charge in [-0.2, -0.15) is 0 Å². The van der Waals surface area contributed by atoms with Gasteiger partial charge in [0, 0.05) is 51.6 Å². The van der Waals surface area contributed by atoms with Gasteiger partial charge < -0.3 is 34.6 Å². The van der Waals surface area contributed by atoms with Crippen molar-refractivity contribution in [2.45, 2.75) is 64.1 Å². The van der Waals surface area contributed by atoms with Crippen molar-refractivity contribution < 1.29 is 23.8 Å². The maximum absolute atomic E-state index is 13.0. The van der Waals surface area contributed by atoms with Crippen LogP contribution < -0.4 is 15.5 Å². The summed E-state index contributed by atoms with van der Waals surface area (Å²) in [5.74, 6) is 1.10. The predicted octanol–water partition coefficient (Wildman–Crippen LogP) is 3.08. The Morgan fingerprint density at radius 2 is 1.67 bits per heavy atom. The number of hydrogen-bond donors (Lipinski definition) is 2. The summed E-state index contributed by atoms with van der Waals surface area (Å²) in [5, 5.41) is 6.35. The lowest BCUT2D eigenvalue weighted by Gasteiger charge is -2.37. The number of nitrogens with one attached hydrogen (secondary N) is 2. The van der Waals surface area contributed by atoms with E-state index < -0.39 is 5.60 Å². The Labute approximate surface area is 214 Å². The van der Waals surface area contributed by atoms with Gasteiger partial charge in [-0.25, -0.2) is 14.6 Å². The van der Waals surface area contributed by atoms with Gasteiger partial charge in [-0.1, -0.05) is 6.07 Å². The van der Waals surface area contributed by atoms with Gasteiger partial charge in [-0.3, -0.25) is 0 Å². The summed E-state index contributed by atoms with van der Waals surface area (Å²) in [6.45, 7) is 11.2. The molecule has 1 aromatic heterocycles. The third-order valence-corrected chi connectivity index (χ3v) is 6.97. The second-order valence-corrected chi connectivity index (χ2v) is 10.8. The van der Waals surface area contributed by atoms with Crippen LogP contribution in [0.4, 0.5) is 15.4 Å². The van der Waals surface area contributed by atoms with Gasteiger partial charge in [-0.15, -0.1) is 0 Å². The van der Waals surface area contributed by atoms with E-state index in [9.17, 15) is 9.59 Å². The Balaban J connectivity index is 1.43. The smallest absolute Gasteiger partial charge is 0.410 e. The van der Waals surface area contributed by atoms with E-state index in [0.29, 0.717) is 39.5 Å². The highest BCUT2D eigenvalue weighted by molar-refractivity contribution is 5.75. The molecule has 1 atom stereocenters. The highest BCUT2D eigenvalue weighted by Crippen LogP contribution is 2.32. The summed E-state index contributed by atoms with van der Waals surface area (Å²) in [4.78, 5) is 34.2. The maximum Gasteiger partial charge on any atom is 0.410 e. The number of aromatic nitrogens is 1. The highest BCUT2D eigenvalue weighted by Gasteiger charge is 2.33. The van der Waals surface area contributed by atoms with Gasteiger partial charge in [-0.05, 0) is 64.0 Å². The predicted molar refractivity (Wildman–Crippen MR) is 136 cm³/mol. The molecule has 3 fully saturated rings. The first-order chi connectivity index (χ1) is 17.3. The minimum atomic E-state index is -0.520. The van der Waals surface area contributed by atoms with Crippen molar-refractivity contribution in [3.8, 4) is 0 Å². The first-order valence-electron chi connectivity index (χ1n) is 13.2. The summed E-state index contributed by atoms with van der Waals surface area (Å²) < 4.78 is 16.4. The van der Waals surface area contributed by atoms with Crippen LogP contribution in [-0.2, 0) is 14.2 Å². The zero-order valence-electron chi connectivity index (χ0n) is 21.8. The van der Waals surface area contributed by atoms with Crippen molar-refractivity contribution in [3.63, 3.8) is 0 Å². The average Bonchev–Trinajstić information content (AvgIpc) is 2.88. The van der Waals surface area contributed by atoms with Crippen LogP contribution in [0.3, 0.4) is 0 Å². The van der Waals surface area contributed by atoms with Crippen LogP contribution in [0.5, 0.6) is 0 Å². The Morgan fingerprint density at radius 1 is 1.00 bits per heavy atom. The van der Waals surface area contributed by atoms with E-state index in [1.807, 2.05) is 33.0 Å². The quantitative estimate of drug-likeness (QED) is 0.636. The molecule has 0 saturated carbocycles. The van der Waals surface area contributed by atoms with E-state index in [-0.39, 0.29) is 30.1 Å². The fraction of sp³-hybridized carbons (Fsp3) is 0.731. The molecule has 200 valence electrons. The number of piperidine rings is 1. The number of carbonyl (C=O) groups is 2. The Bertz CT molecular complexity index is 854. The fourth-order valence-corrected chi connectivity index (χ4v) is 4.99. The zero-order chi connectivity index (χ0) is 25.5. The second kappa shape index (κ2) is 12.1. The lowest BCUT2D eigenvalue weighted by Crippen LogP contribution is -2.49. The molecule has 0 radical (unpaired) electrons. The largest absolute Gasteiger partial charge is 0.444 e. The van der Waals surface area contributed by atoms with Crippen molar-refractivity contribution >= 4 is 17.9 Å². The minimum Gasteiger partial charge on any atom is -0.444 e. The van der Waals surface area contributed by atoms with E-state index in [0.717, 1.165) is 50.2 Å². The van der Waals surface area contributed by atoms with Gasteiger partial charge in [0.1, 0.15) is 11.4 Å². The molecule has 3 saturated heterocycles. The number of rotatable bonds is 5. The van der Waals surface area contributed by atoms with Crippen LogP contribution in [0.25, 0.3) is 0 Å². The van der Waals surface area contributed by atoms with Crippen LogP contribution >= 0.6 is 0 Å². The van der Waals surface area contributed by atoms with Crippen molar-refractivity contribution in [1.82, 2.24) is 20.5 Å². The van der Waals surface area contributed by atoms with Crippen LogP contribution in [0, 0.1) is 5.92 Å². The summed E-state index contributed by atoms with van der Waals surface area (Å²) in [6.07, 6.45) is 4.79. The number of amides is 3. The van der Waals surface area contributed by atoms with Gasteiger partial charge in [0.15, 0.2) is 0 Å². The van der Waals surface area contributed by atoms with Crippen molar-refractivity contribution in [1.29, 1.82) is 0 Å². The molecule has 3 aliphatic heterocycles. The number of likely N-dealkylation sites (tertiary alicyclic amines) is 1. The number of morpholine rings is 1. The van der Waals surface area contributed by atoms with Gasteiger partial charge >= 0.3 is 12.1 Å². The molecular weight excluding hydrogens is 462 g/mol. The lowest BCUT2D eigenvalue weighted by atomic mass is 9.86. The highest BCUT2D eigenvalue weighted by atomic mass is 16.6. The number of anilines is 1. The molecule has 4 rings (SSSR count). The number of pyridine rings is 1. The Kier molecular flexibility index (Phi) is 8.90. The summed E-state index contributed by atoms with van der Waals surface area (Å²) in [6, 6.07) is 3.85. The normalized spacial score (nSPS) is 21.1. The van der Waals surface area contributed by atoms with Gasteiger partial charge in [0.25, 0.3) is 0 Å². The number of carbonyl (C=O) groups excluding carboxylic acids is 2. The third-order valence-electron chi connectivity index (χ3n) is 6.97. The molecule has 2 N–H and O–H groups in total. The van der Waals surface area contributed by atoms with Gasteiger partial charge in [0.05, 0.1) is 19.3 Å². The average molecular weight is 504 g/mol. The molecule has 4 heterocycles. The fourth-order valence-electron chi connectivity index (χ4n) is 4.99. The Hall–Kier alpha value is -2.59. The molecule has 1 unspecified atom stereocenters. The van der Waals surface area contributed by atoms with Crippen LogP contribution in [0.15, 0.2) is 18.3 Å². The molecule has 0 spiro atoms. The first-order valence-corrected chi connectivity index (χ1v) is 13.2. The monoisotopic (exact) mass is 503 g/mol. The Morgan fingerprint density at radius 3 is 2.28 bits per heavy atom. The van der Waals surface area contributed by atoms with Crippen molar-refractivity contribution in [3.05, 3.63) is 23.9 Å². The summed E-state index contributed by atoms with van der Waals surface area (Å²) in [7, 11) is 0. The molecule has 0 bridgehead atoms. The standard InChI is InChI=1S/C26H41N5O5/c1-26(2,3)36-25(33)31-10-6-19(7-11-31)23(29-24(32)28-21-8-14-34-15-9-21)20-4-5-22(27-18-20)30-12-16-35-17-13-30/h4-5,18-19,21,23H,6-17H2,1-3H3,(H2,28,29,32). The SMILES string of the molecule is CC(C)(C)OC(=O)N1CCC(C(NC(=O)NC2CCOCC2)c2ccc(N3CCOCC3)nc2)CC1. The van der Waals surface area contributed by atoms with Gasteiger partial charge in [0.2, 0.25) is 0 Å². The van der Waals surface area contributed by atoms with Crippen LogP contribution in [-0.4, -0.2) is 86.3 Å². The molecule has 10 nitrogen and oxygen atoms in total. The van der Waals surface area contributed by atoms with Crippen LogP contribution in [0.1, 0.15) is 58.1 Å². The molecule has 10 heteroatoms. The van der Waals surface area contributed by atoms with E-state index in [4.69, 9.17) is 19.2 Å². The number of hydrogen-bond acceptors (Lipinski definition) is 7. The second-order valence-electron chi connectivity index (χ2n) is 10.8. The molecular formula is C26H41N5O5. The first kappa shape index (κ1) is 26.5. The van der Waals surface area contributed by atoms with E-state index in [2.05, 4.69) is 21.6 Å². The van der Waals surface area contributed by atoms with Crippen molar-refractivity contribution in [2.24, 2.45) is 5.92 Å². The topological polar surface area (TPSA) is 105 Å². The number of nitrogens with zero attached hydrogens (tertiary/aromatic N) is 3. The lowest BCUT2D eigenvalue weighted by molar-refractivity contribution is 0.0169. The summed E-state index contributed by atoms with van der Waals surface area (Å²) >= 11 is 0. The maximum atomic E-state index is 13.0. The molecule has 0 aromatic carbocycles. The van der Waals surface area contributed by atoms with Crippen molar-refractivity contribution in [2.75, 3.05) is 57.5 Å². The summed E-state index contributed by atoms with van der Waals surface area (Å²) in [5.41, 5.74) is 0.457. The molecule has 3 amide bonds. The zero-order valence-corrected chi connectivity index (χ0v) is 21.8. The molecule has 1 aromatic rings. The molecule has 3 aliphatic rings. The third kappa shape index (κ3) is 7.46. The molecule has 36 heavy (non-hydrogen) atoms.